The van der Waals surface area contributed by atoms with Crippen LogP contribution in [0, 0.1) is 5.92 Å². The number of carbonyl (C=O) groups excluding carboxylic acids is 1. The highest BCUT2D eigenvalue weighted by molar-refractivity contribution is 5.89. The van der Waals surface area contributed by atoms with Crippen molar-refractivity contribution < 1.29 is 4.79 Å². The van der Waals surface area contributed by atoms with Crippen LogP contribution in [0.4, 0.5) is 10.5 Å². The van der Waals surface area contributed by atoms with Crippen molar-refractivity contribution >= 4 is 11.7 Å². The number of fused-ring (bicyclic) bond motifs is 1. The van der Waals surface area contributed by atoms with Crippen LogP contribution < -0.4 is 10.6 Å². The summed E-state index contributed by atoms with van der Waals surface area (Å²) in [4.78, 5) is 12.1. The van der Waals surface area contributed by atoms with Crippen LogP contribution in [0.3, 0.4) is 0 Å². The predicted octanol–water partition coefficient (Wildman–Crippen LogP) is 4.27. The molecule has 1 aromatic carbocycles. The van der Waals surface area contributed by atoms with Gasteiger partial charge in [-0.05, 0) is 74.1 Å². The lowest BCUT2D eigenvalue weighted by atomic mass is 9.85. The van der Waals surface area contributed by atoms with Crippen LogP contribution >= 0.6 is 0 Å². The molecule has 0 atom stereocenters. The number of hydrogen-bond acceptors (Lipinski definition) is 1. The maximum Gasteiger partial charge on any atom is 0.319 e. The number of nitrogens with one attached hydrogen (secondary N) is 2. The lowest BCUT2D eigenvalue weighted by Crippen LogP contribution is -2.40. The van der Waals surface area contributed by atoms with Gasteiger partial charge in [-0.15, -0.1) is 0 Å². The lowest BCUT2D eigenvalue weighted by Gasteiger charge is -2.28. The summed E-state index contributed by atoms with van der Waals surface area (Å²) in [5.41, 5.74) is 3.77. The molecule has 1 saturated carbocycles. The molecule has 0 unspecified atom stereocenters. The lowest BCUT2D eigenvalue weighted by molar-refractivity contribution is 0.237. The summed E-state index contributed by atoms with van der Waals surface area (Å²) in [5.74, 6) is 0.864. The molecule has 2 aliphatic carbocycles. The van der Waals surface area contributed by atoms with Crippen molar-refractivity contribution in [1.82, 2.24) is 5.32 Å². The van der Waals surface area contributed by atoms with Gasteiger partial charge in [0, 0.05) is 11.7 Å². The molecule has 2 N–H and O–H groups in total. The van der Waals surface area contributed by atoms with Crippen molar-refractivity contribution in [2.75, 3.05) is 5.32 Å². The van der Waals surface area contributed by atoms with Gasteiger partial charge in [-0.3, -0.25) is 0 Å². The highest BCUT2D eigenvalue weighted by Gasteiger charge is 2.21. The molecule has 0 bridgehead atoms. The molecule has 21 heavy (non-hydrogen) atoms. The fourth-order valence-corrected chi connectivity index (χ4v) is 3.72. The molecule has 1 fully saturated rings. The molecule has 0 spiro atoms. The number of benzene rings is 1. The molecule has 2 aliphatic rings. The van der Waals surface area contributed by atoms with Crippen LogP contribution in [0.1, 0.15) is 56.6 Å². The molecule has 0 saturated heterocycles. The minimum absolute atomic E-state index is 0.0482. The maximum absolute atomic E-state index is 12.1. The summed E-state index contributed by atoms with van der Waals surface area (Å²) >= 11 is 0. The Morgan fingerprint density at radius 2 is 1.90 bits per heavy atom. The zero-order chi connectivity index (χ0) is 14.7. The molecular weight excluding hydrogens is 260 g/mol. The van der Waals surface area contributed by atoms with Crippen LogP contribution in [-0.2, 0) is 12.8 Å². The zero-order valence-corrected chi connectivity index (χ0v) is 13.0. The number of amides is 2. The average Bonchev–Trinajstić information content (AvgIpc) is 2.95. The molecule has 2 amide bonds. The second-order valence-corrected chi connectivity index (χ2v) is 6.56. The molecule has 0 heterocycles. The molecule has 0 aliphatic heterocycles. The van der Waals surface area contributed by atoms with E-state index in [-0.39, 0.29) is 6.03 Å². The Hall–Kier alpha value is -1.51. The van der Waals surface area contributed by atoms with E-state index in [0.717, 1.165) is 30.9 Å². The summed E-state index contributed by atoms with van der Waals surface area (Å²) in [5, 5.41) is 6.12. The fourth-order valence-electron chi connectivity index (χ4n) is 3.72. The largest absolute Gasteiger partial charge is 0.335 e. The second kappa shape index (κ2) is 6.50. The van der Waals surface area contributed by atoms with Crippen molar-refractivity contribution in [1.29, 1.82) is 0 Å². The summed E-state index contributed by atoms with van der Waals surface area (Å²) in [7, 11) is 0. The Kier molecular flexibility index (Phi) is 4.47. The van der Waals surface area contributed by atoms with Gasteiger partial charge in [-0.1, -0.05) is 19.4 Å². The summed E-state index contributed by atoms with van der Waals surface area (Å²) in [6.45, 7) is 2.26. The molecule has 0 aromatic heterocycles. The molecule has 114 valence electrons. The first-order valence-electron chi connectivity index (χ1n) is 8.44. The van der Waals surface area contributed by atoms with Crippen LogP contribution in [-0.4, -0.2) is 12.1 Å². The summed E-state index contributed by atoms with van der Waals surface area (Å²) < 4.78 is 0. The van der Waals surface area contributed by atoms with Crippen LogP contribution in [0.25, 0.3) is 0 Å². The molecule has 0 radical (unpaired) electrons. The Morgan fingerprint density at radius 1 is 1.14 bits per heavy atom. The zero-order valence-electron chi connectivity index (χ0n) is 13.0. The normalized spacial score (nSPS) is 24.4. The van der Waals surface area contributed by atoms with Gasteiger partial charge in [-0.2, -0.15) is 0 Å². The van der Waals surface area contributed by atoms with Gasteiger partial charge in [0.1, 0.15) is 0 Å². The van der Waals surface area contributed by atoms with E-state index in [2.05, 4.69) is 29.7 Å². The molecule has 3 heteroatoms. The van der Waals surface area contributed by atoms with Gasteiger partial charge in [0.25, 0.3) is 0 Å². The third kappa shape index (κ3) is 3.58. The minimum atomic E-state index is -0.0482. The molecule has 1 aromatic rings. The Labute approximate surface area is 127 Å². The number of carbonyl (C=O) groups is 1. The van der Waals surface area contributed by atoms with E-state index in [4.69, 9.17) is 0 Å². The minimum Gasteiger partial charge on any atom is -0.335 e. The number of aryl methyl sites for hydroxylation is 2. The van der Waals surface area contributed by atoms with Crippen LogP contribution in [0.2, 0.25) is 0 Å². The fraction of sp³-hybridized carbons (Fsp3) is 0.611. The first-order chi connectivity index (χ1) is 10.2. The highest BCUT2D eigenvalue weighted by Crippen LogP contribution is 2.27. The average molecular weight is 286 g/mol. The standard InChI is InChI=1S/C18H26N2O/c1-2-13-6-9-16(10-7-13)19-18(21)20-17-11-8-14-4-3-5-15(14)12-17/h8,11-13,16H,2-7,9-10H2,1H3,(H2,19,20,21). The molecular formula is C18H26N2O. The van der Waals surface area contributed by atoms with Crippen molar-refractivity contribution in [3.63, 3.8) is 0 Å². The van der Waals surface area contributed by atoms with Gasteiger partial charge in [0.2, 0.25) is 0 Å². The number of rotatable bonds is 3. The summed E-state index contributed by atoms with van der Waals surface area (Å²) in [6, 6.07) is 6.62. The van der Waals surface area contributed by atoms with E-state index in [1.807, 2.05) is 6.07 Å². The second-order valence-electron chi connectivity index (χ2n) is 6.56. The van der Waals surface area contributed by atoms with E-state index in [1.165, 1.54) is 43.2 Å². The van der Waals surface area contributed by atoms with E-state index in [1.54, 1.807) is 0 Å². The monoisotopic (exact) mass is 286 g/mol. The van der Waals surface area contributed by atoms with E-state index >= 15 is 0 Å². The Morgan fingerprint density at radius 3 is 2.67 bits per heavy atom. The van der Waals surface area contributed by atoms with Gasteiger partial charge in [0.15, 0.2) is 0 Å². The highest BCUT2D eigenvalue weighted by atomic mass is 16.2. The SMILES string of the molecule is CCC1CCC(NC(=O)Nc2ccc3c(c2)CCC3)CC1. The summed E-state index contributed by atoms with van der Waals surface area (Å²) in [6.07, 6.45) is 9.59. The Bertz CT molecular complexity index is 504. The first kappa shape index (κ1) is 14.4. The van der Waals surface area contributed by atoms with Crippen molar-refractivity contribution in [3.8, 4) is 0 Å². The topological polar surface area (TPSA) is 41.1 Å². The van der Waals surface area contributed by atoms with Gasteiger partial charge >= 0.3 is 6.03 Å². The maximum atomic E-state index is 12.1. The third-order valence-electron chi connectivity index (χ3n) is 5.12. The quantitative estimate of drug-likeness (QED) is 0.856. The van der Waals surface area contributed by atoms with Crippen molar-refractivity contribution in [3.05, 3.63) is 29.3 Å². The third-order valence-corrected chi connectivity index (χ3v) is 5.12. The van der Waals surface area contributed by atoms with Crippen molar-refractivity contribution in [2.45, 2.75) is 64.3 Å². The van der Waals surface area contributed by atoms with E-state index in [0.29, 0.717) is 6.04 Å². The smallest absolute Gasteiger partial charge is 0.319 e. The van der Waals surface area contributed by atoms with E-state index in [9.17, 15) is 4.79 Å². The van der Waals surface area contributed by atoms with Gasteiger partial charge < -0.3 is 10.6 Å². The van der Waals surface area contributed by atoms with Gasteiger partial charge in [-0.25, -0.2) is 4.79 Å². The van der Waals surface area contributed by atoms with Crippen LogP contribution in [0.5, 0.6) is 0 Å². The first-order valence-corrected chi connectivity index (χ1v) is 8.44. The number of anilines is 1. The number of urea groups is 1. The Balaban J connectivity index is 1.50. The van der Waals surface area contributed by atoms with Gasteiger partial charge in [0.05, 0.1) is 0 Å². The predicted molar refractivity (Wildman–Crippen MR) is 86.7 cm³/mol. The van der Waals surface area contributed by atoms with Crippen LogP contribution in [0.15, 0.2) is 18.2 Å². The number of hydrogen-bond donors (Lipinski definition) is 2. The van der Waals surface area contributed by atoms with Crippen molar-refractivity contribution in [2.24, 2.45) is 5.92 Å². The molecule has 3 rings (SSSR count). The molecule has 3 nitrogen and oxygen atoms in total. The van der Waals surface area contributed by atoms with E-state index < -0.39 is 0 Å².